The van der Waals surface area contributed by atoms with Crippen molar-refractivity contribution in [3.63, 3.8) is 0 Å². The van der Waals surface area contributed by atoms with Crippen LogP contribution in [0.1, 0.15) is 22.5 Å². The molecule has 2 aromatic rings. The molecule has 128 valence electrons. The smallest absolute Gasteiger partial charge is 0.268 e. The molecule has 1 aromatic heterocycles. The number of nitriles is 1. The molecular weight excluding hydrogens is 320 g/mol. The first-order valence-corrected chi connectivity index (χ1v) is 8.00. The lowest BCUT2D eigenvalue weighted by molar-refractivity contribution is -0.128. The highest BCUT2D eigenvalue weighted by Gasteiger charge is 2.30. The van der Waals surface area contributed by atoms with Gasteiger partial charge in [0.25, 0.3) is 5.91 Å². The fraction of sp³-hybridized carbons (Fsp3) is 0.278. The van der Waals surface area contributed by atoms with Crippen LogP contribution in [0.25, 0.3) is 0 Å². The van der Waals surface area contributed by atoms with Crippen LogP contribution in [0, 0.1) is 11.3 Å². The van der Waals surface area contributed by atoms with Gasteiger partial charge in [0.2, 0.25) is 5.91 Å². The molecule has 2 N–H and O–H groups in total. The van der Waals surface area contributed by atoms with E-state index in [1.54, 1.807) is 4.90 Å². The van der Waals surface area contributed by atoms with Gasteiger partial charge in [-0.15, -0.1) is 0 Å². The number of hydrogen-bond donors (Lipinski definition) is 2. The molecule has 0 unspecified atom stereocenters. The Morgan fingerprint density at radius 3 is 2.92 bits per heavy atom. The molecule has 1 aromatic carbocycles. The average Bonchev–Trinajstić information content (AvgIpc) is 3.23. The molecule has 1 aliphatic heterocycles. The number of nitrogens with one attached hydrogen (secondary N) is 2. The molecule has 0 radical (unpaired) electrons. The Morgan fingerprint density at radius 2 is 2.20 bits per heavy atom. The van der Waals surface area contributed by atoms with E-state index in [2.05, 4.69) is 10.3 Å². The normalized spacial score (nSPS) is 16.5. The number of ether oxygens (including phenoxy) is 1. The summed E-state index contributed by atoms with van der Waals surface area (Å²) in [5, 5.41) is 11.6. The number of hydrogen-bond acceptors (Lipinski definition) is 4. The highest BCUT2D eigenvalue weighted by Crippen LogP contribution is 2.13. The zero-order chi connectivity index (χ0) is 17.6. The molecule has 1 saturated heterocycles. The van der Waals surface area contributed by atoms with Gasteiger partial charge >= 0.3 is 0 Å². The molecule has 1 aliphatic rings. The van der Waals surface area contributed by atoms with E-state index in [0.717, 1.165) is 5.75 Å². The van der Waals surface area contributed by atoms with Crippen molar-refractivity contribution >= 4 is 11.8 Å². The number of amides is 2. The van der Waals surface area contributed by atoms with Crippen molar-refractivity contribution in [1.29, 1.82) is 5.26 Å². The third-order valence-electron chi connectivity index (χ3n) is 3.98. The summed E-state index contributed by atoms with van der Waals surface area (Å²) in [5.74, 6) is 0.437. The van der Waals surface area contributed by atoms with Crippen molar-refractivity contribution in [2.45, 2.75) is 12.5 Å². The number of carbonyl (C=O) groups excluding carboxylic acids is 2. The van der Waals surface area contributed by atoms with Gasteiger partial charge in [-0.1, -0.05) is 18.2 Å². The molecular formula is C18H18N4O3. The van der Waals surface area contributed by atoms with Crippen LogP contribution < -0.4 is 10.1 Å². The van der Waals surface area contributed by atoms with Gasteiger partial charge in [-0.05, 0) is 18.2 Å². The number of carbonyl (C=O) groups is 2. The molecule has 3 rings (SSSR count). The monoisotopic (exact) mass is 338 g/mol. The summed E-state index contributed by atoms with van der Waals surface area (Å²) in [6.07, 6.45) is 1.74. The molecule has 0 bridgehead atoms. The van der Waals surface area contributed by atoms with Crippen LogP contribution in [0.3, 0.4) is 0 Å². The summed E-state index contributed by atoms with van der Waals surface area (Å²) < 4.78 is 5.60. The van der Waals surface area contributed by atoms with Gasteiger partial charge in [0.05, 0.1) is 18.2 Å². The quantitative estimate of drug-likeness (QED) is 0.829. The first-order chi connectivity index (χ1) is 12.2. The van der Waals surface area contributed by atoms with Gasteiger partial charge in [-0.2, -0.15) is 5.26 Å². The zero-order valence-corrected chi connectivity index (χ0v) is 13.6. The van der Waals surface area contributed by atoms with Crippen LogP contribution in [0.15, 0.2) is 42.6 Å². The lowest BCUT2D eigenvalue weighted by Gasteiger charge is -2.17. The summed E-state index contributed by atoms with van der Waals surface area (Å²) in [7, 11) is 0. The summed E-state index contributed by atoms with van der Waals surface area (Å²) in [6.45, 7) is 1.33. The van der Waals surface area contributed by atoms with E-state index in [1.165, 1.54) is 12.3 Å². The van der Waals surface area contributed by atoms with Crippen LogP contribution in [0.4, 0.5) is 0 Å². The molecule has 0 saturated carbocycles. The Hall–Kier alpha value is -3.27. The van der Waals surface area contributed by atoms with Gasteiger partial charge in [0, 0.05) is 19.2 Å². The van der Waals surface area contributed by atoms with Gasteiger partial charge < -0.3 is 19.9 Å². The average molecular weight is 338 g/mol. The van der Waals surface area contributed by atoms with Crippen molar-refractivity contribution in [3.8, 4) is 11.8 Å². The molecule has 0 spiro atoms. The number of nitrogens with zero attached hydrogens (tertiary/aromatic N) is 2. The zero-order valence-electron chi connectivity index (χ0n) is 13.6. The highest BCUT2D eigenvalue weighted by atomic mass is 16.5. The van der Waals surface area contributed by atoms with Crippen molar-refractivity contribution in [2.75, 3.05) is 19.7 Å². The minimum Gasteiger partial charge on any atom is -0.492 e. The Balaban J connectivity index is 1.47. The fourth-order valence-electron chi connectivity index (χ4n) is 2.73. The minimum absolute atomic E-state index is 0.00818. The Bertz CT molecular complexity index is 794. The molecule has 1 atom stereocenters. The molecule has 2 heterocycles. The van der Waals surface area contributed by atoms with Crippen molar-refractivity contribution in [2.24, 2.45) is 0 Å². The second-order valence-electron chi connectivity index (χ2n) is 5.79. The third-order valence-corrected chi connectivity index (χ3v) is 3.98. The van der Waals surface area contributed by atoms with Gasteiger partial charge in [-0.3, -0.25) is 9.59 Å². The van der Waals surface area contributed by atoms with Crippen molar-refractivity contribution in [3.05, 3.63) is 53.9 Å². The van der Waals surface area contributed by atoms with Gasteiger partial charge in [0.15, 0.2) is 0 Å². The van der Waals surface area contributed by atoms with Crippen LogP contribution in [-0.2, 0) is 4.79 Å². The first kappa shape index (κ1) is 16.6. The number of aromatic amines is 1. The van der Waals surface area contributed by atoms with Crippen LogP contribution in [-0.4, -0.2) is 47.4 Å². The van der Waals surface area contributed by atoms with E-state index < -0.39 is 0 Å². The largest absolute Gasteiger partial charge is 0.492 e. The SMILES string of the molecule is N#Cc1c[nH]c(C(=O)N[C@@H]2CC(=O)N(CCOc3ccccc3)C2)c1. The van der Waals surface area contributed by atoms with E-state index >= 15 is 0 Å². The summed E-state index contributed by atoms with van der Waals surface area (Å²) in [6, 6.07) is 12.6. The van der Waals surface area contributed by atoms with Gasteiger partial charge in [-0.25, -0.2) is 0 Å². The molecule has 2 amide bonds. The van der Waals surface area contributed by atoms with E-state index in [-0.39, 0.29) is 24.3 Å². The number of likely N-dealkylation sites (tertiary alicyclic amines) is 1. The maximum atomic E-state index is 12.1. The van der Waals surface area contributed by atoms with Crippen LogP contribution >= 0.6 is 0 Å². The van der Waals surface area contributed by atoms with Crippen LogP contribution in [0.2, 0.25) is 0 Å². The van der Waals surface area contributed by atoms with Gasteiger partial charge in [0.1, 0.15) is 24.1 Å². The van der Waals surface area contributed by atoms with E-state index in [0.29, 0.717) is 31.0 Å². The maximum Gasteiger partial charge on any atom is 0.268 e. The topological polar surface area (TPSA) is 98.2 Å². The number of benzene rings is 1. The number of para-hydroxylation sites is 1. The molecule has 25 heavy (non-hydrogen) atoms. The highest BCUT2D eigenvalue weighted by molar-refractivity contribution is 5.93. The first-order valence-electron chi connectivity index (χ1n) is 8.00. The Labute approximate surface area is 145 Å². The Kier molecular flexibility index (Phi) is 5.00. The van der Waals surface area contributed by atoms with Crippen molar-refractivity contribution in [1.82, 2.24) is 15.2 Å². The van der Waals surface area contributed by atoms with E-state index in [4.69, 9.17) is 10.00 Å². The molecule has 7 heteroatoms. The molecule has 0 aliphatic carbocycles. The second-order valence-corrected chi connectivity index (χ2v) is 5.79. The van der Waals surface area contributed by atoms with Crippen molar-refractivity contribution < 1.29 is 14.3 Å². The lowest BCUT2D eigenvalue weighted by atomic mass is 10.2. The summed E-state index contributed by atoms with van der Waals surface area (Å²) >= 11 is 0. The standard InChI is InChI=1S/C18H18N4O3/c19-10-13-8-16(20-11-13)18(24)21-14-9-17(23)22(12-14)6-7-25-15-4-2-1-3-5-15/h1-5,8,11,14,20H,6-7,9,12H2,(H,21,24)/t14-/m1/s1. The molecule has 1 fully saturated rings. The number of rotatable bonds is 6. The van der Waals surface area contributed by atoms with E-state index in [1.807, 2.05) is 36.4 Å². The summed E-state index contributed by atoms with van der Waals surface area (Å²) in [5.41, 5.74) is 0.710. The predicted molar refractivity (Wildman–Crippen MR) is 89.9 cm³/mol. The minimum atomic E-state index is -0.318. The lowest BCUT2D eigenvalue weighted by Crippen LogP contribution is -2.38. The maximum absolute atomic E-state index is 12.1. The third kappa shape index (κ3) is 4.18. The summed E-state index contributed by atoms with van der Waals surface area (Å²) in [4.78, 5) is 28.6. The second kappa shape index (κ2) is 7.53. The fourth-order valence-corrected chi connectivity index (χ4v) is 2.73. The predicted octanol–water partition coefficient (Wildman–Crippen LogP) is 1.30. The number of H-pyrrole nitrogens is 1. The van der Waals surface area contributed by atoms with Crippen LogP contribution in [0.5, 0.6) is 5.75 Å². The van der Waals surface area contributed by atoms with E-state index in [9.17, 15) is 9.59 Å². The number of aromatic nitrogens is 1. The molecule has 7 nitrogen and oxygen atoms in total. The Morgan fingerprint density at radius 1 is 1.40 bits per heavy atom.